The summed E-state index contributed by atoms with van der Waals surface area (Å²) in [6.45, 7) is 3.29. The largest absolute Gasteiger partial charge is 0.493 e. The number of nitrogens with zero attached hydrogens (tertiary/aromatic N) is 1. The van der Waals surface area contributed by atoms with Gasteiger partial charge in [-0.1, -0.05) is 0 Å². The predicted molar refractivity (Wildman–Crippen MR) is 66.9 cm³/mol. The summed E-state index contributed by atoms with van der Waals surface area (Å²) in [5.41, 5.74) is 9.89. The Morgan fingerprint density at radius 3 is 2.56 bits per heavy atom. The van der Waals surface area contributed by atoms with Gasteiger partial charge in [0.1, 0.15) is 23.1 Å². The molecule has 0 fully saturated rings. The lowest BCUT2D eigenvalue weighted by Gasteiger charge is -2.16. The summed E-state index contributed by atoms with van der Waals surface area (Å²) < 4.78 is 11.4. The Kier molecular flexibility index (Phi) is 2.64. The van der Waals surface area contributed by atoms with Gasteiger partial charge in [0.2, 0.25) is 0 Å². The van der Waals surface area contributed by atoms with Crippen LogP contribution in [0.25, 0.3) is 0 Å². The van der Waals surface area contributed by atoms with Crippen molar-refractivity contribution in [3.05, 3.63) is 22.3 Å². The van der Waals surface area contributed by atoms with Gasteiger partial charge in [-0.2, -0.15) is 5.26 Å². The summed E-state index contributed by atoms with van der Waals surface area (Å²) in [5.74, 6) is 1.67. The molecule has 1 atom stereocenters. The maximum atomic E-state index is 9.33. The predicted octanol–water partition coefficient (Wildman–Crippen LogP) is 1.32. The first-order valence-corrected chi connectivity index (χ1v) is 6.34. The molecule has 0 saturated carbocycles. The van der Waals surface area contributed by atoms with Crippen LogP contribution in [0.15, 0.2) is 0 Å². The van der Waals surface area contributed by atoms with Crippen LogP contribution in [0.4, 0.5) is 0 Å². The number of hydrogen-bond acceptors (Lipinski definition) is 4. The Hall–Kier alpha value is -1.73. The van der Waals surface area contributed by atoms with Crippen LogP contribution >= 0.6 is 0 Å². The Bertz CT molecular complexity index is 509. The summed E-state index contributed by atoms with van der Waals surface area (Å²) in [6.07, 6.45) is 2.42. The molecule has 0 spiro atoms. The summed E-state index contributed by atoms with van der Waals surface area (Å²) in [6, 6.07) is 2.35. The molecule has 2 aliphatic heterocycles. The van der Waals surface area contributed by atoms with Crippen molar-refractivity contribution >= 4 is 0 Å². The van der Waals surface area contributed by atoms with Crippen LogP contribution in [0.5, 0.6) is 11.5 Å². The molecule has 0 aromatic heterocycles. The molecular formula is C14H16N2O2. The zero-order valence-corrected chi connectivity index (χ0v) is 10.5. The molecule has 1 aromatic rings. The van der Waals surface area contributed by atoms with E-state index >= 15 is 0 Å². The van der Waals surface area contributed by atoms with Gasteiger partial charge >= 0.3 is 0 Å². The number of nitriles is 1. The zero-order chi connectivity index (χ0) is 12.7. The fraction of sp³-hybridized carbons (Fsp3) is 0.500. The average Bonchev–Trinajstić information content (AvgIpc) is 2.96. The lowest BCUT2D eigenvalue weighted by Crippen LogP contribution is -2.19. The SMILES string of the molecule is CC(N)Cc1c2c(c(C#N)c3c1OCC3)OCC2. The molecule has 4 heteroatoms. The molecule has 2 N–H and O–H groups in total. The van der Waals surface area contributed by atoms with Gasteiger partial charge in [-0.15, -0.1) is 0 Å². The molecule has 0 saturated heterocycles. The van der Waals surface area contributed by atoms with Gasteiger partial charge in [-0.25, -0.2) is 0 Å². The lowest BCUT2D eigenvalue weighted by atomic mass is 9.91. The minimum atomic E-state index is 0.0796. The highest BCUT2D eigenvalue weighted by molar-refractivity contribution is 5.65. The van der Waals surface area contributed by atoms with Crippen LogP contribution in [0.2, 0.25) is 0 Å². The van der Waals surface area contributed by atoms with Gasteiger partial charge < -0.3 is 15.2 Å². The Labute approximate surface area is 106 Å². The minimum Gasteiger partial charge on any atom is -0.493 e. The van der Waals surface area contributed by atoms with Gasteiger partial charge in [-0.05, 0) is 13.3 Å². The summed E-state index contributed by atoms with van der Waals surface area (Å²) in [4.78, 5) is 0. The normalized spacial score (nSPS) is 17.4. The van der Waals surface area contributed by atoms with Gasteiger partial charge in [0.05, 0.1) is 13.2 Å². The molecule has 1 aromatic carbocycles. The van der Waals surface area contributed by atoms with E-state index in [1.807, 2.05) is 6.92 Å². The second-order valence-electron chi connectivity index (χ2n) is 4.96. The van der Waals surface area contributed by atoms with E-state index in [0.717, 1.165) is 47.5 Å². The quantitative estimate of drug-likeness (QED) is 0.851. The zero-order valence-electron chi connectivity index (χ0n) is 10.5. The van der Waals surface area contributed by atoms with Crippen LogP contribution in [-0.4, -0.2) is 19.3 Å². The monoisotopic (exact) mass is 244 g/mol. The lowest BCUT2D eigenvalue weighted by molar-refractivity contribution is 0.352. The molecule has 0 amide bonds. The second kappa shape index (κ2) is 4.18. The molecular weight excluding hydrogens is 228 g/mol. The van der Waals surface area contributed by atoms with Crippen molar-refractivity contribution in [2.45, 2.75) is 32.2 Å². The molecule has 94 valence electrons. The molecule has 4 nitrogen and oxygen atoms in total. The molecule has 0 aliphatic carbocycles. The van der Waals surface area contributed by atoms with E-state index in [9.17, 15) is 5.26 Å². The number of nitrogens with two attached hydrogens (primary N) is 1. The van der Waals surface area contributed by atoms with E-state index in [-0.39, 0.29) is 6.04 Å². The molecule has 18 heavy (non-hydrogen) atoms. The van der Waals surface area contributed by atoms with Crippen molar-refractivity contribution < 1.29 is 9.47 Å². The van der Waals surface area contributed by atoms with E-state index in [1.54, 1.807) is 0 Å². The van der Waals surface area contributed by atoms with Gasteiger partial charge in [0.25, 0.3) is 0 Å². The van der Waals surface area contributed by atoms with E-state index in [1.165, 1.54) is 0 Å². The highest BCUT2D eigenvalue weighted by Crippen LogP contribution is 2.44. The first-order valence-electron chi connectivity index (χ1n) is 6.34. The smallest absolute Gasteiger partial charge is 0.141 e. The average molecular weight is 244 g/mol. The minimum absolute atomic E-state index is 0.0796. The van der Waals surface area contributed by atoms with Crippen LogP contribution in [0.1, 0.15) is 29.2 Å². The van der Waals surface area contributed by atoms with E-state index in [2.05, 4.69) is 6.07 Å². The molecule has 2 heterocycles. The first kappa shape index (κ1) is 11.4. The summed E-state index contributed by atoms with van der Waals surface area (Å²) >= 11 is 0. The van der Waals surface area contributed by atoms with E-state index < -0.39 is 0 Å². The van der Waals surface area contributed by atoms with Gasteiger partial charge in [0.15, 0.2) is 0 Å². The molecule has 0 bridgehead atoms. The Morgan fingerprint density at radius 1 is 1.22 bits per heavy atom. The number of fused-ring (bicyclic) bond motifs is 2. The van der Waals surface area contributed by atoms with Gasteiger partial charge in [-0.3, -0.25) is 0 Å². The molecule has 2 aliphatic rings. The number of benzene rings is 1. The van der Waals surface area contributed by atoms with Gasteiger partial charge in [0, 0.05) is 35.6 Å². The first-order chi connectivity index (χ1) is 8.72. The molecule has 1 unspecified atom stereocenters. The van der Waals surface area contributed by atoms with Crippen LogP contribution in [0, 0.1) is 11.3 Å². The maximum Gasteiger partial charge on any atom is 0.141 e. The van der Waals surface area contributed by atoms with Crippen LogP contribution in [0.3, 0.4) is 0 Å². The highest BCUT2D eigenvalue weighted by Gasteiger charge is 2.31. The van der Waals surface area contributed by atoms with E-state index in [0.29, 0.717) is 18.8 Å². The third-order valence-electron chi connectivity index (χ3n) is 3.55. The second-order valence-corrected chi connectivity index (χ2v) is 4.96. The van der Waals surface area contributed by atoms with Crippen LogP contribution < -0.4 is 15.2 Å². The number of hydrogen-bond donors (Lipinski definition) is 1. The van der Waals surface area contributed by atoms with Crippen molar-refractivity contribution in [1.29, 1.82) is 5.26 Å². The molecule has 0 radical (unpaired) electrons. The summed E-state index contributed by atoms with van der Waals surface area (Å²) in [5, 5.41) is 9.33. The van der Waals surface area contributed by atoms with Crippen molar-refractivity contribution in [1.82, 2.24) is 0 Å². The fourth-order valence-electron chi connectivity index (χ4n) is 2.86. The topological polar surface area (TPSA) is 68.3 Å². The maximum absolute atomic E-state index is 9.33. The van der Waals surface area contributed by atoms with Crippen LogP contribution in [-0.2, 0) is 19.3 Å². The highest BCUT2D eigenvalue weighted by atomic mass is 16.5. The Balaban J connectivity index is 2.24. The van der Waals surface area contributed by atoms with Crippen molar-refractivity contribution in [2.24, 2.45) is 5.73 Å². The standard InChI is InChI=1S/C14H16N2O2/c1-8(16)6-11-9-2-4-18-14(9)12(7-15)10-3-5-17-13(10)11/h8H,2-6,16H2,1H3. The van der Waals surface area contributed by atoms with Crippen molar-refractivity contribution in [3.63, 3.8) is 0 Å². The van der Waals surface area contributed by atoms with Crippen molar-refractivity contribution in [2.75, 3.05) is 13.2 Å². The van der Waals surface area contributed by atoms with E-state index in [4.69, 9.17) is 15.2 Å². The Morgan fingerprint density at radius 2 is 1.89 bits per heavy atom. The third-order valence-corrected chi connectivity index (χ3v) is 3.55. The third kappa shape index (κ3) is 1.55. The molecule has 3 rings (SSSR count). The fourth-order valence-corrected chi connectivity index (χ4v) is 2.86. The van der Waals surface area contributed by atoms with Crippen molar-refractivity contribution in [3.8, 4) is 17.6 Å². The number of rotatable bonds is 2. The summed E-state index contributed by atoms with van der Waals surface area (Å²) in [7, 11) is 0. The number of ether oxygens (including phenoxy) is 2.